The van der Waals surface area contributed by atoms with Gasteiger partial charge >= 0.3 is 0 Å². The smallest absolute Gasteiger partial charge is 0.143 e. The van der Waals surface area contributed by atoms with Gasteiger partial charge in [0.2, 0.25) is 0 Å². The molecule has 0 radical (unpaired) electrons. The highest BCUT2D eigenvalue weighted by molar-refractivity contribution is 5.77. The number of carbonyl (C=O) groups is 1. The topological polar surface area (TPSA) is 84.4 Å². The van der Waals surface area contributed by atoms with Crippen molar-refractivity contribution in [1.29, 1.82) is 0 Å². The van der Waals surface area contributed by atoms with Crippen LogP contribution < -0.4 is 16.8 Å². The predicted molar refractivity (Wildman–Crippen MR) is 57.6 cm³/mol. The molecular formula is C9H22N4O. The van der Waals surface area contributed by atoms with Gasteiger partial charge in [-0.1, -0.05) is 0 Å². The molecule has 0 aliphatic carbocycles. The van der Waals surface area contributed by atoms with Gasteiger partial charge in [-0.2, -0.15) is 0 Å². The number of ketones is 1. The third kappa shape index (κ3) is 9.60. The van der Waals surface area contributed by atoms with E-state index in [1.54, 1.807) is 6.92 Å². The van der Waals surface area contributed by atoms with Crippen LogP contribution in [0.3, 0.4) is 0 Å². The number of likely N-dealkylation sites (N-methyl/N-ethyl adjacent to an activating group) is 1. The summed E-state index contributed by atoms with van der Waals surface area (Å²) in [6.45, 7) is 3.89. The summed E-state index contributed by atoms with van der Waals surface area (Å²) in [5, 5.41) is 2.93. The monoisotopic (exact) mass is 202 g/mol. The van der Waals surface area contributed by atoms with Gasteiger partial charge < -0.3 is 11.5 Å². The largest absolute Gasteiger partial charge is 0.304 e. The van der Waals surface area contributed by atoms with E-state index in [2.05, 4.69) is 5.32 Å². The third-order valence-electron chi connectivity index (χ3n) is 1.84. The number of rotatable bonds is 8. The van der Waals surface area contributed by atoms with Crippen LogP contribution in [0.1, 0.15) is 19.8 Å². The average molecular weight is 202 g/mol. The predicted octanol–water partition coefficient (Wildman–Crippen LogP) is -0.922. The first kappa shape index (κ1) is 13.5. The fourth-order valence-electron chi connectivity index (χ4n) is 1.23. The van der Waals surface area contributed by atoms with Gasteiger partial charge in [0, 0.05) is 0 Å². The molecule has 0 bridgehead atoms. The Hall–Kier alpha value is -0.490. The second-order valence-corrected chi connectivity index (χ2v) is 3.63. The summed E-state index contributed by atoms with van der Waals surface area (Å²) in [6.07, 6.45) is 1.64. The lowest BCUT2D eigenvalue weighted by atomic mass is 10.3. The molecule has 0 saturated heterocycles. The zero-order valence-corrected chi connectivity index (χ0v) is 9.12. The summed E-state index contributed by atoms with van der Waals surface area (Å²) in [5.41, 5.74) is 10.6. The van der Waals surface area contributed by atoms with Crippen LogP contribution >= 0.6 is 0 Å². The van der Waals surface area contributed by atoms with Crippen molar-refractivity contribution >= 4 is 5.78 Å². The van der Waals surface area contributed by atoms with Crippen LogP contribution in [0.4, 0.5) is 0 Å². The Morgan fingerprint density at radius 3 is 2.57 bits per heavy atom. The second kappa shape index (κ2) is 7.87. The van der Waals surface area contributed by atoms with Crippen molar-refractivity contribution in [2.24, 2.45) is 11.5 Å². The van der Waals surface area contributed by atoms with Crippen molar-refractivity contribution in [2.45, 2.75) is 26.1 Å². The van der Waals surface area contributed by atoms with Crippen LogP contribution in [0.5, 0.6) is 0 Å². The Kier molecular flexibility index (Phi) is 7.60. The SMILES string of the molecule is CC(=O)CN(C)CCCCNC(N)N. The summed E-state index contributed by atoms with van der Waals surface area (Å²) >= 11 is 0. The number of Topliss-reactive ketones (excluding diaryl/α,β-unsaturated/α-hetero) is 1. The number of hydrogen-bond acceptors (Lipinski definition) is 5. The number of unbranched alkanes of at least 4 members (excludes halogenated alkanes) is 1. The molecule has 0 saturated carbocycles. The van der Waals surface area contributed by atoms with E-state index in [1.807, 2.05) is 11.9 Å². The normalized spacial score (nSPS) is 11.3. The number of nitrogens with zero attached hydrogens (tertiary/aromatic N) is 1. The molecule has 0 aromatic rings. The van der Waals surface area contributed by atoms with Gasteiger partial charge in [0.05, 0.1) is 6.54 Å². The van der Waals surface area contributed by atoms with E-state index >= 15 is 0 Å². The van der Waals surface area contributed by atoms with Crippen LogP contribution in [-0.4, -0.2) is 43.7 Å². The van der Waals surface area contributed by atoms with Crippen molar-refractivity contribution in [2.75, 3.05) is 26.7 Å². The summed E-state index contributed by atoms with van der Waals surface area (Å²) in [6, 6.07) is 0. The minimum Gasteiger partial charge on any atom is -0.304 e. The number of hydrogen-bond donors (Lipinski definition) is 3. The van der Waals surface area contributed by atoms with Gasteiger partial charge in [-0.3, -0.25) is 15.0 Å². The fourth-order valence-corrected chi connectivity index (χ4v) is 1.23. The molecule has 14 heavy (non-hydrogen) atoms. The van der Waals surface area contributed by atoms with Crippen LogP contribution in [-0.2, 0) is 4.79 Å². The highest BCUT2D eigenvalue weighted by Gasteiger charge is 2.00. The summed E-state index contributed by atoms with van der Waals surface area (Å²) < 4.78 is 0. The van der Waals surface area contributed by atoms with Crippen molar-refractivity contribution < 1.29 is 4.79 Å². The molecule has 0 aliphatic heterocycles. The van der Waals surface area contributed by atoms with Gasteiger partial charge in [0.15, 0.2) is 0 Å². The minimum atomic E-state index is -0.426. The van der Waals surface area contributed by atoms with E-state index in [0.717, 1.165) is 25.9 Å². The first-order valence-electron chi connectivity index (χ1n) is 4.95. The van der Waals surface area contributed by atoms with E-state index < -0.39 is 6.29 Å². The molecule has 0 rings (SSSR count). The molecule has 0 aromatic heterocycles. The lowest BCUT2D eigenvalue weighted by molar-refractivity contribution is -0.117. The Balaban J connectivity index is 3.23. The molecule has 0 unspecified atom stereocenters. The molecule has 5 nitrogen and oxygen atoms in total. The summed E-state index contributed by atoms with van der Waals surface area (Å²) in [7, 11) is 1.95. The number of carbonyl (C=O) groups excluding carboxylic acids is 1. The Labute approximate surface area is 85.8 Å². The summed E-state index contributed by atoms with van der Waals surface area (Å²) in [4.78, 5) is 12.8. The number of nitrogens with one attached hydrogen (secondary N) is 1. The summed E-state index contributed by atoms with van der Waals surface area (Å²) in [5.74, 6) is 0.203. The lowest BCUT2D eigenvalue weighted by Gasteiger charge is -2.14. The molecule has 0 heterocycles. The van der Waals surface area contributed by atoms with Crippen molar-refractivity contribution in [3.8, 4) is 0 Å². The van der Waals surface area contributed by atoms with Crippen LogP contribution in [0.25, 0.3) is 0 Å². The maximum atomic E-state index is 10.7. The Morgan fingerprint density at radius 1 is 1.43 bits per heavy atom. The molecule has 0 aromatic carbocycles. The Morgan fingerprint density at radius 2 is 2.07 bits per heavy atom. The van der Waals surface area contributed by atoms with Gasteiger partial charge in [-0.05, 0) is 39.9 Å². The van der Waals surface area contributed by atoms with E-state index in [-0.39, 0.29) is 5.78 Å². The molecule has 0 atom stereocenters. The second-order valence-electron chi connectivity index (χ2n) is 3.63. The van der Waals surface area contributed by atoms with Crippen LogP contribution in [0.2, 0.25) is 0 Å². The van der Waals surface area contributed by atoms with E-state index in [4.69, 9.17) is 11.5 Å². The van der Waals surface area contributed by atoms with E-state index in [1.165, 1.54) is 0 Å². The van der Waals surface area contributed by atoms with Crippen molar-refractivity contribution in [3.63, 3.8) is 0 Å². The average Bonchev–Trinajstić information content (AvgIpc) is 2.01. The lowest BCUT2D eigenvalue weighted by Crippen LogP contribution is -2.45. The first-order chi connectivity index (χ1) is 6.52. The maximum absolute atomic E-state index is 10.7. The molecule has 5 N–H and O–H groups in total. The molecule has 0 spiro atoms. The minimum absolute atomic E-state index is 0.203. The van der Waals surface area contributed by atoms with Gasteiger partial charge in [0.25, 0.3) is 0 Å². The maximum Gasteiger partial charge on any atom is 0.143 e. The van der Waals surface area contributed by atoms with Gasteiger partial charge in [0.1, 0.15) is 12.1 Å². The van der Waals surface area contributed by atoms with E-state index in [0.29, 0.717) is 6.54 Å². The quantitative estimate of drug-likeness (QED) is 0.350. The van der Waals surface area contributed by atoms with Crippen molar-refractivity contribution in [1.82, 2.24) is 10.2 Å². The van der Waals surface area contributed by atoms with Crippen LogP contribution in [0, 0.1) is 0 Å². The molecule has 0 aliphatic rings. The fraction of sp³-hybridized carbons (Fsp3) is 0.889. The highest BCUT2D eigenvalue weighted by Crippen LogP contribution is 1.91. The Bertz CT molecular complexity index is 161. The van der Waals surface area contributed by atoms with Gasteiger partial charge in [-0.25, -0.2) is 0 Å². The standard InChI is InChI=1S/C9H22N4O/c1-8(14)7-13(2)6-4-3-5-12-9(10)11/h9,12H,3-7,10-11H2,1-2H3. The molecule has 0 fully saturated rings. The zero-order chi connectivity index (χ0) is 11.0. The van der Waals surface area contributed by atoms with Crippen molar-refractivity contribution in [3.05, 3.63) is 0 Å². The number of nitrogens with two attached hydrogens (primary N) is 2. The molecule has 84 valence electrons. The molecule has 5 heteroatoms. The van der Waals surface area contributed by atoms with Gasteiger partial charge in [-0.15, -0.1) is 0 Å². The molecule has 0 amide bonds. The van der Waals surface area contributed by atoms with E-state index in [9.17, 15) is 4.79 Å². The highest BCUT2D eigenvalue weighted by atomic mass is 16.1. The first-order valence-corrected chi connectivity index (χ1v) is 4.95. The zero-order valence-electron chi connectivity index (χ0n) is 9.12. The third-order valence-corrected chi connectivity index (χ3v) is 1.84. The van der Waals surface area contributed by atoms with Crippen LogP contribution in [0.15, 0.2) is 0 Å². The molecular weight excluding hydrogens is 180 g/mol.